The molecule has 0 radical (unpaired) electrons. The highest BCUT2D eigenvalue weighted by molar-refractivity contribution is 7.16. The first kappa shape index (κ1) is 17.8. The van der Waals surface area contributed by atoms with Crippen LogP contribution in [0.15, 0.2) is 36.6 Å². The summed E-state index contributed by atoms with van der Waals surface area (Å²) in [4.78, 5) is 23.6. The predicted octanol–water partition coefficient (Wildman–Crippen LogP) is 4.29. The summed E-state index contributed by atoms with van der Waals surface area (Å²) in [5.41, 5.74) is 2.32. The van der Waals surface area contributed by atoms with Crippen LogP contribution in [0, 0.1) is 6.92 Å². The van der Waals surface area contributed by atoms with Crippen LogP contribution >= 0.6 is 11.3 Å². The normalized spacial score (nSPS) is 18.0. The number of hydrogen-bond donors (Lipinski definition) is 1. The molecule has 8 heteroatoms. The summed E-state index contributed by atoms with van der Waals surface area (Å²) in [7, 11) is 0. The maximum Gasteiger partial charge on any atom is 0.282 e. The van der Waals surface area contributed by atoms with Gasteiger partial charge in [0.1, 0.15) is 5.82 Å². The van der Waals surface area contributed by atoms with Crippen molar-refractivity contribution < 1.29 is 13.6 Å². The molecule has 0 spiro atoms. The molecule has 1 aliphatic carbocycles. The number of anilines is 2. The topological polar surface area (TPSA) is 58.1 Å². The van der Waals surface area contributed by atoms with Crippen LogP contribution in [0.1, 0.15) is 33.8 Å². The SMILES string of the molecule is Cc1sc(NC(=O)c2ccc(N3CC(F)(F)C3)nc2)nc1C1=CCCC=C1. The van der Waals surface area contributed by atoms with Crippen LogP contribution < -0.4 is 10.2 Å². The van der Waals surface area contributed by atoms with Gasteiger partial charge in [0.25, 0.3) is 11.8 Å². The highest BCUT2D eigenvalue weighted by Gasteiger charge is 2.44. The van der Waals surface area contributed by atoms with E-state index >= 15 is 0 Å². The van der Waals surface area contributed by atoms with Gasteiger partial charge in [0.15, 0.2) is 5.13 Å². The number of nitrogens with one attached hydrogen (secondary N) is 1. The maximum atomic E-state index is 12.9. The number of nitrogens with zero attached hydrogens (tertiary/aromatic N) is 3. The molecule has 0 aromatic carbocycles. The standard InChI is InChI=1S/C19H18F2N4OS/c1-12-16(13-5-3-2-4-6-13)23-18(27-12)24-17(26)14-7-8-15(22-9-14)25-10-19(20,21)11-25/h3,5-9H,2,4,10-11H2,1H3,(H,23,24,26). The number of halogens is 2. The lowest BCUT2D eigenvalue weighted by Gasteiger charge is -2.39. The zero-order valence-electron chi connectivity index (χ0n) is 14.7. The highest BCUT2D eigenvalue weighted by atomic mass is 32.1. The monoisotopic (exact) mass is 388 g/mol. The first-order valence-electron chi connectivity index (χ1n) is 8.66. The molecule has 2 aliphatic rings. The van der Waals surface area contributed by atoms with Crippen molar-refractivity contribution in [3.63, 3.8) is 0 Å². The lowest BCUT2D eigenvalue weighted by Crippen LogP contribution is -2.56. The van der Waals surface area contributed by atoms with Gasteiger partial charge in [-0.2, -0.15) is 0 Å². The molecule has 1 aliphatic heterocycles. The second-order valence-corrected chi connectivity index (χ2v) is 7.84. The van der Waals surface area contributed by atoms with Crippen molar-refractivity contribution in [1.29, 1.82) is 0 Å². The fourth-order valence-electron chi connectivity index (χ4n) is 3.06. The Balaban J connectivity index is 1.43. The van der Waals surface area contributed by atoms with Crippen LogP contribution in [0.2, 0.25) is 0 Å². The molecule has 0 atom stereocenters. The van der Waals surface area contributed by atoms with E-state index in [2.05, 4.69) is 33.5 Å². The molecule has 3 heterocycles. The fraction of sp³-hybridized carbons (Fsp3) is 0.316. The summed E-state index contributed by atoms with van der Waals surface area (Å²) in [5.74, 6) is -2.53. The molecule has 1 fully saturated rings. The van der Waals surface area contributed by atoms with Gasteiger partial charge in [-0.1, -0.05) is 18.2 Å². The average Bonchev–Trinajstić information content (AvgIpc) is 3.00. The Morgan fingerprint density at radius 3 is 2.74 bits per heavy atom. The molecule has 4 rings (SSSR count). The minimum absolute atomic E-state index is 0.323. The summed E-state index contributed by atoms with van der Waals surface area (Å²) in [5, 5.41) is 3.32. The van der Waals surface area contributed by atoms with Crippen LogP contribution in [0.25, 0.3) is 5.57 Å². The Morgan fingerprint density at radius 2 is 2.11 bits per heavy atom. The molecule has 1 N–H and O–H groups in total. The Bertz CT molecular complexity index is 926. The Kier molecular flexibility index (Phi) is 4.51. The molecular weight excluding hydrogens is 370 g/mol. The van der Waals surface area contributed by atoms with Gasteiger partial charge in [0.05, 0.1) is 24.3 Å². The maximum absolute atomic E-state index is 12.9. The largest absolute Gasteiger partial charge is 0.344 e. The summed E-state index contributed by atoms with van der Waals surface area (Å²) in [6.45, 7) is 1.30. The second-order valence-electron chi connectivity index (χ2n) is 6.63. The van der Waals surface area contributed by atoms with Gasteiger partial charge in [-0.25, -0.2) is 18.7 Å². The molecule has 27 heavy (non-hydrogen) atoms. The Hall–Kier alpha value is -2.61. The number of aryl methyl sites for hydroxylation is 1. The molecule has 2 aromatic rings. The first-order chi connectivity index (χ1) is 12.9. The predicted molar refractivity (Wildman–Crippen MR) is 103 cm³/mol. The number of aromatic nitrogens is 2. The van der Waals surface area contributed by atoms with Crippen molar-refractivity contribution in [3.8, 4) is 0 Å². The third-order valence-corrected chi connectivity index (χ3v) is 5.35. The van der Waals surface area contributed by atoms with Crippen LogP contribution in [-0.2, 0) is 0 Å². The van der Waals surface area contributed by atoms with E-state index in [1.807, 2.05) is 6.92 Å². The molecule has 0 unspecified atom stereocenters. The van der Waals surface area contributed by atoms with Gasteiger partial charge in [-0.15, -0.1) is 11.3 Å². The van der Waals surface area contributed by atoms with E-state index < -0.39 is 5.92 Å². The Morgan fingerprint density at radius 1 is 1.30 bits per heavy atom. The number of allylic oxidation sites excluding steroid dienone is 4. The van der Waals surface area contributed by atoms with E-state index in [1.165, 1.54) is 22.4 Å². The lowest BCUT2D eigenvalue weighted by atomic mass is 10.0. The first-order valence-corrected chi connectivity index (χ1v) is 9.48. The fourth-order valence-corrected chi connectivity index (χ4v) is 3.89. The van der Waals surface area contributed by atoms with Gasteiger partial charge in [0.2, 0.25) is 0 Å². The Labute approximate surface area is 159 Å². The zero-order chi connectivity index (χ0) is 19.0. The summed E-state index contributed by atoms with van der Waals surface area (Å²) in [6, 6.07) is 3.17. The van der Waals surface area contributed by atoms with Gasteiger partial charge >= 0.3 is 0 Å². The second kappa shape index (κ2) is 6.84. The number of carbonyl (C=O) groups is 1. The van der Waals surface area contributed by atoms with E-state index in [4.69, 9.17) is 0 Å². The third kappa shape index (κ3) is 3.75. The highest BCUT2D eigenvalue weighted by Crippen LogP contribution is 2.31. The van der Waals surface area contributed by atoms with E-state index in [9.17, 15) is 13.6 Å². The lowest BCUT2D eigenvalue weighted by molar-refractivity contribution is -0.0267. The van der Waals surface area contributed by atoms with Crippen molar-refractivity contribution in [2.24, 2.45) is 0 Å². The molecule has 1 saturated heterocycles. The van der Waals surface area contributed by atoms with Gasteiger partial charge in [-0.3, -0.25) is 10.1 Å². The van der Waals surface area contributed by atoms with Crippen LogP contribution in [0.5, 0.6) is 0 Å². The number of hydrogen-bond acceptors (Lipinski definition) is 5. The van der Waals surface area contributed by atoms with E-state index in [0.717, 1.165) is 29.0 Å². The van der Waals surface area contributed by atoms with Gasteiger partial charge < -0.3 is 4.90 Å². The molecule has 0 bridgehead atoms. The average molecular weight is 388 g/mol. The summed E-state index contributed by atoms with van der Waals surface area (Å²) >= 11 is 1.42. The summed E-state index contributed by atoms with van der Waals surface area (Å²) in [6.07, 6.45) is 9.75. The third-order valence-electron chi connectivity index (χ3n) is 4.46. The van der Waals surface area contributed by atoms with Crippen molar-refractivity contribution in [3.05, 3.63) is 52.7 Å². The van der Waals surface area contributed by atoms with E-state index in [1.54, 1.807) is 12.1 Å². The number of pyridine rings is 1. The smallest absolute Gasteiger partial charge is 0.282 e. The molecule has 2 aromatic heterocycles. The minimum Gasteiger partial charge on any atom is -0.344 e. The molecule has 140 valence electrons. The van der Waals surface area contributed by atoms with Crippen molar-refractivity contribution in [1.82, 2.24) is 9.97 Å². The molecule has 1 amide bonds. The molecule has 5 nitrogen and oxygen atoms in total. The molecular formula is C19H18F2N4OS. The molecule has 0 saturated carbocycles. The van der Waals surface area contributed by atoms with E-state index in [0.29, 0.717) is 16.5 Å². The van der Waals surface area contributed by atoms with Crippen molar-refractivity contribution in [2.45, 2.75) is 25.7 Å². The number of thiazole rings is 1. The zero-order valence-corrected chi connectivity index (χ0v) is 15.5. The van der Waals surface area contributed by atoms with Crippen molar-refractivity contribution in [2.75, 3.05) is 23.3 Å². The number of alkyl halides is 2. The van der Waals surface area contributed by atoms with Gasteiger partial charge in [0, 0.05) is 11.1 Å². The van der Waals surface area contributed by atoms with E-state index in [-0.39, 0.29) is 19.0 Å². The summed E-state index contributed by atoms with van der Waals surface area (Å²) < 4.78 is 25.9. The van der Waals surface area contributed by atoms with Crippen molar-refractivity contribution >= 4 is 33.8 Å². The van der Waals surface area contributed by atoms with Crippen LogP contribution in [0.4, 0.5) is 19.7 Å². The number of rotatable bonds is 4. The van der Waals surface area contributed by atoms with Gasteiger partial charge in [-0.05, 0) is 37.5 Å². The number of amides is 1. The number of carbonyl (C=O) groups excluding carboxylic acids is 1. The van der Waals surface area contributed by atoms with Crippen LogP contribution in [-0.4, -0.2) is 34.9 Å². The van der Waals surface area contributed by atoms with Crippen LogP contribution in [0.3, 0.4) is 0 Å². The minimum atomic E-state index is -2.65. The quantitative estimate of drug-likeness (QED) is 0.849.